The number of benzene rings is 1. The number of amides is 1. The first-order chi connectivity index (χ1) is 18.5. The summed E-state index contributed by atoms with van der Waals surface area (Å²) in [5.41, 5.74) is 3.73. The molecule has 2 unspecified atom stereocenters. The number of likely N-dealkylation sites (tertiary alicyclic amines) is 1. The summed E-state index contributed by atoms with van der Waals surface area (Å²) in [4.78, 5) is 26.1. The van der Waals surface area contributed by atoms with Crippen LogP contribution in [0.5, 0.6) is 5.75 Å². The van der Waals surface area contributed by atoms with E-state index in [4.69, 9.17) is 4.74 Å². The molecule has 1 aliphatic heterocycles. The van der Waals surface area contributed by atoms with Gasteiger partial charge in [0, 0.05) is 44.0 Å². The number of carbonyl (C=O) groups excluding carboxylic acids is 1. The number of nitrogens with one attached hydrogen (secondary N) is 1. The lowest BCUT2D eigenvalue weighted by atomic mass is 9.86. The van der Waals surface area contributed by atoms with E-state index in [2.05, 4.69) is 83.4 Å². The summed E-state index contributed by atoms with van der Waals surface area (Å²) >= 11 is 0. The number of rotatable bonds is 12. The zero-order valence-electron chi connectivity index (χ0n) is 23.7. The molecule has 0 bridgehead atoms. The molecular weight excluding hydrogens is 474 g/mol. The van der Waals surface area contributed by atoms with Crippen molar-refractivity contribution in [3.8, 4) is 5.75 Å². The van der Waals surface area contributed by atoms with Crippen molar-refractivity contribution < 1.29 is 9.53 Å². The molecule has 4 rings (SSSR count). The first kappa shape index (κ1) is 28.1. The molecule has 1 saturated heterocycles. The average Bonchev–Trinajstić information content (AvgIpc) is 3.46. The van der Waals surface area contributed by atoms with Crippen molar-refractivity contribution in [2.75, 3.05) is 45.7 Å². The van der Waals surface area contributed by atoms with Gasteiger partial charge < -0.3 is 19.9 Å². The Hall–Kier alpha value is -2.93. The fourth-order valence-corrected chi connectivity index (χ4v) is 5.34. The first-order valence-corrected chi connectivity index (χ1v) is 14.4. The second-order valence-electron chi connectivity index (χ2n) is 11.0. The third-order valence-electron chi connectivity index (χ3n) is 8.20. The maximum atomic E-state index is 13.0. The zero-order chi connectivity index (χ0) is 26.9. The third kappa shape index (κ3) is 7.56. The van der Waals surface area contributed by atoms with Crippen molar-refractivity contribution in [2.24, 2.45) is 11.8 Å². The Kier molecular flexibility index (Phi) is 10.2. The number of carbonyl (C=O) groups is 1. The molecule has 2 aromatic rings. The Morgan fingerprint density at radius 2 is 1.92 bits per heavy atom. The number of hydrogen-bond acceptors (Lipinski definition) is 6. The quantitative estimate of drug-likeness (QED) is 0.411. The summed E-state index contributed by atoms with van der Waals surface area (Å²) in [7, 11) is 4.21. The van der Waals surface area contributed by atoms with Gasteiger partial charge in [-0.15, -0.1) is 0 Å². The van der Waals surface area contributed by atoms with Crippen LogP contribution in [0.2, 0.25) is 0 Å². The lowest BCUT2D eigenvalue weighted by Gasteiger charge is -2.27. The van der Waals surface area contributed by atoms with E-state index in [1.807, 2.05) is 12.4 Å². The smallest absolute Gasteiger partial charge is 0.226 e. The van der Waals surface area contributed by atoms with Crippen LogP contribution in [0.15, 0.2) is 42.7 Å². The number of ether oxygens (including phenoxy) is 1. The number of likely N-dealkylation sites (N-methyl/N-ethyl adjacent to an activating group) is 1. The molecule has 0 radical (unpaired) electrons. The molecule has 1 aromatic heterocycles. The minimum absolute atomic E-state index is 0.130. The van der Waals surface area contributed by atoms with Crippen LogP contribution < -0.4 is 10.1 Å². The van der Waals surface area contributed by atoms with Crippen LogP contribution in [-0.4, -0.2) is 72.1 Å². The van der Waals surface area contributed by atoms with Crippen LogP contribution in [0.1, 0.15) is 63.5 Å². The lowest BCUT2D eigenvalue weighted by molar-refractivity contribution is -0.134. The molecule has 7 nitrogen and oxygen atoms in total. The van der Waals surface area contributed by atoms with Gasteiger partial charge >= 0.3 is 0 Å². The fourth-order valence-electron chi connectivity index (χ4n) is 5.34. The lowest BCUT2D eigenvalue weighted by Crippen LogP contribution is -2.38. The molecule has 3 atom stereocenters. The molecule has 7 heteroatoms. The first-order valence-electron chi connectivity index (χ1n) is 14.4. The van der Waals surface area contributed by atoms with Gasteiger partial charge in [0.2, 0.25) is 11.9 Å². The van der Waals surface area contributed by atoms with Crippen molar-refractivity contribution in [3.05, 3.63) is 53.9 Å². The van der Waals surface area contributed by atoms with Gasteiger partial charge in [0.25, 0.3) is 0 Å². The van der Waals surface area contributed by atoms with Crippen LogP contribution in [0.4, 0.5) is 5.95 Å². The number of nitrogens with zero attached hydrogens (tertiary/aromatic N) is 4. The van der Waals surface area contributed by atoms with Gasteiger partial charge in [-0.05, 0) is 93.8 Å². The highest BCUT2D eigenvalue weighted by molar-refractivity contribution is 5.81. The summed E-state index contributed by atoms with van der Waals surface area (Å²) in [6, 6.07) is 8.97. The van der Waals surface area contributed by atoms with Gasteiger partial charge in [-0.3, -0.25) is 4.79 Å². The Bertz CT molecular complexity index is 1050. The van der Waals surface area contributed by atoms with Gasteiger partial charge in [0.1, 0.15) is 5.75 Å². The molecular formula is C31H45N5O2. The second-order valence-corrected chi connectivity index (χ2v) is 11.0. The average molecular weight is 520 g/mol. The van der Waals surface area contributed by atoms with Crippen LogP contribution in [0.3, 0.4) is 0 Å². The Morgan fingerprint density at radius 3 is 2.53 bits per heavy atom. The van der Waals surface area contributed by atoms with Gasteiger partial charge in [-0.25, -0.2) is 9.97 Å². The maximum absolute atomic E-state index is 13.0. The van der Waals surface area contributed by atoms with Gasteiger partial charge in [-0.2, -0.15) is 0 Å². The maximum Gasteiger partial charge on any atom is 0.226 e. The van der Waals surface area contributed by atoms with E-state index in [9.17, 15) is 4.79 Å². The topological polar surface area (TPSA) is 70.6 Å². The molecule has 1 fully saturated rings. The molecule has 1 amide bonds. The molecule has 0 spiro atoms. The highest BCUT2D eigenvalue weighted by Crippen LogP contribution is 2.33. The molecule has 206 valence electrons. The number of aryl methyl sites for hydroxylation is 1. The Balaban J connectivity index is 1.20. The predicted molar refractivity (Wildman–Crippen MR) is 154 cm³/mol. The number of allylic oxidation sites excluding steroid dienone is 2. The molecule has 2 heterocycles. The van der Waals surface area contributed by atoms with Gasteiger partial charge in [0.15, 0.2) is 0 Å². The van der Waals surface area contributed by atoms with E-state index >= 15 is 0 Å². The minimum Gasteiger partial charge on any atom is -0.493 e. The molecule has 1 N–H and O–H groups in total. The van der Waals surface area contributed by atoms with Crippen molar-refractivity contribution in [1.29, 1.82) is 0 Å². The number of hydrogen-bond donors (Lipinski definition) is 1. The molecule has 1 aliphatic carbocycles. The van der Waals surface area contributed by atoms with E-state index < -0.39 is 0 Å². The van der Waals surface area contributed by atoms with E-state index in [0.717, 1.165) is 75.9 Å². The fraction of sp³-hybridized carbons (Fsp3) is 0.581. The van der Waals surface area contributed by atoms with Crippen molar-refractivity contribution in [3.63, 3.8) is 0 Å². The van der Waals surface area contributed by atoms with Crippen molar-refractivity contribution >= 4 is 17.4 Å². The predicted octanol–water partition coefficient (Wildman–Crippen LogP) is 5.29. The highest BCUT2D eigenvalue weighted by Gasteiger charge is 2.32. The van der Waals surface area contributed by atoms with Crippen LogP contribution >= 0.6 is 0 Å². The standard InChI is InChI=1S/C31H45N5O2/c1-5-23(15-17-32-31-33-19-24(6-2)20-34-31)22-38-29-13-11-26(12-14-29)25-7-9-27(10-8-25)30(37)36-18-16-28(21-36)35(3)4/h7,11-14,19-20,23,27-28H,5-6,8-10,15-18,21-22H2,1-4H3,(H,32,33,34)/t23?,27?,28-/m1/s1. The summed E-state index contributed by atoms with van der Waals surface area (Å²) in [5, 5.41) is 3.33. The van der Waals surface area contributed by atoms with Crippen LogP contribution in [0.25, 0.3) is 5.57 Å². The van der Waals surface area contributed by atoms with E-state index in [0.29, 0.717) is 30.4 Å². The van der Waals surface area contributed by atoms with Crippen molar-refractivity contribution in [1.82, 2.24) is 19.8 Å². The zero-order valence-corrected chi connectivity index (χ0v) is 23.7. The van der Waals surface area contributed by atoms with Gasteiger partial charge in [-0.1, -0.05) is 32.1 Å². The molecule has 0 saturated carbocycles. The summed E-state index contributed by atoms with van der Waals surface area (Å²) < 4.78 is 6.13. The summed E-state index contributed by atoms with van der Waals surface area (Å²) in [6.07, 6.45) is 12.9. The SMILES string of the molecule is CCc1cnc(NCCC(CC)COc2ccc(C3=CCC(C(=O)N4CC[C@@H](N(C)C)C4)CC3)cc2)nc1. The van der Waals surface area contributed by atoms with Crippen LogP contribution in [0, 0.1) is 11.8 Å². The monoisotopic (exact) mass is 519 g/mol. The molecule has 2 aliphatic rings. The number of aromatic nitrogens is 2. The summed E-state index contributed by atoms with van der Waals surface area (Å²) in [6.45, 7) is 7.61. The summed E-state index contributed by atoms with van der Waals surface area (Å²) in [5.74, 6) is 2.54. The largest absolute Gasteiger partial charge is 0.493 e. The third-order valence-corrected chi connectivity index (χ3v) is 8.20. The van der Waals surface area contributed by atoms with E-state index in [-0.39, 0.29) is 5.92 Å². The highest BCUT2D eigenvalue weighted by atomic mass is 16.5. The van der Waals surface area contributed by atoms with Crippen LogP contribution in [-0.2, 0) is 11.2 Å². The van der Waals surface area contributed by atoms with Gasteiger partial charge in [0.05, 0.1) is 6.61 Å². The van der Waals surface area contributed by atoms with E-state index in [1.54, 1.807) is 0 Å². The second kappa shape index (κ2) is 13.7. The minimum atomic E-state index is 0.130. The molecule has 1 aromatic carbocycles. The Morgan fingerprint density at radius 1 is 1.16 bits per heavy atom. The van der Waals surface area contributed by atoms with E-state index in [1.165, 1.54) is 11.1 Å². The normalized spacial score (nSPS) is 20.3. The van der Waals surface area contributed by atoms with Crippen molar-refractivity contribution in [2.45, 2.75) is 64.8 Å². The molecule has 38 heavy (non-hydrogen) atoms. The Labute approximate surface area is 228 Å². The number of anilines is 1.